The smallest absolute Gasteiger partial charge is 0.408 e. The van der Waals surface area contributed by atoms with Gasteiger partial charge in [-0.3, -0.25) is 4.79 Å². The van der Waals surface area contributed by atoms with Crippen LogP contribution in [0.3, 0.4) is 0 Å². The highest BCUT2D eigenvalue weighted by atomic mass is 16.6. The van der Waals surface area contributed by atoms with Gasteiger partial charge in [0.25, 0.3) is 0 Å². The van der Waals surface area contributed by atoms with E-state index in [1.807, 2.05) is 6.07 Å². The fraction of sp³-hybridized carbons (Fsp3) is 0.750. The van der Waals surface area contributed by atoms with Gasteiger partial charge in [0.05, 0.1) is 6.07 Å². The Kier molecular flexibility index (Phi) is 4.54. The minimum atomic E-state index is -0.598. The number of rotatable bonds is 2. The van der Waals surface area contributed by atoms with E-state index in [0.717, 1.165) is 6.42 Å². The molecule has 2 amide bonds. The molecule has 0 bridgehead atoms. The summed E-state index contributed by atoms with van der Waals surface area (Å²) in [5.41, 5.74) is -0.589. The number of alkyl carbamates (subject to hydrolysis) is 1. The van der Waals surface area contributed by atoms with Crippen molar-refractivity contribution in [2.45, 2.75) is 45.3 Å². The van der Waals surface area contributed by atoms with E-state index in [2.05, 4.69) is 5.32 Å². The standard InChI is InChI=1S/C12H19N3O3/c1-12(2,3)18-11(17)14-9-5-4-7-15(8-6-13)10(9)16/h9H,4-5,7-8H2,1-3H3,(H,14,17)/t9-/m1/s1. The van der Waals surface area contributed by atoms with Crippen molar-refractivity contribution in [1.82, 2.24) is 10.2 Å². The molecule has 0 radical (unpaired) electrons. The quantitative estimate of drug-likeness (QED) is 0.745. The van der Waals surface area contributed by atoms with Crippen molar-refractivity contribution in [3.8, 4) is 6.07 Å². The normalized spacial score (nSPS) is 20.2. The van der Waals surface area contributed by atoms with E-state index in [-0.39, 0.29) is 12.5 Å². The molecule has 0 saturated carbocycles. The SMILES string of the molecule is CC(C)(C)OC(=O)N[C@@H]1CCCN(CC#N)C1=O. The molecule has 0 aromatic heterocycles. The van der Waals surface area contributed by atoms with Crippen LogP contribution in [0.1, 0.15) is 33.6 Å². The molecule has 0 aromatic carbocycles. The minimum Gasteiger partial charge on any atom is -0.444 e. The Morgan fingerprint density at radius 3 is 2.83 bits per heavy atom. The summed E-state index contributed by atoms with van der Waals surface area (Å²) in [6.45, 7) is 5.91. The second kappa shape index (κ2) is 5.71. The van der Waals surface area contributed by atoms with Gasteiger partial charge in [-0.1, -0.05) is 0 Å². The van der Waals surface area contributed by atoms with Gasteiger partial charge in [-0.25, -0.2) is 4.79 Å². The molecule has 1 saturated heterocycles. The van der Waals surface area contributed by atoms with Gasteiger partial charge >= 0.3 is 6.09 Å². The maximum Gasteiger partial charge on any atom is 0.408 e. The molecule has 1 atom stereocenters. The van der Waals surface area contributed by atoms with Gasteiger partial charge in [-0.15, -0.1) is 0 Å². The van der Waals surface area contributed by atoms with Crippen LogP contribution in [0.4, 0.5) is 4.79 Å². The van der Waals surface area contributed by atoms with Crippen molar-refractivity contribution in [1.29, 1.82) is 5.26 Å². The molecule has 0 aliphatic carbocycles. The van der Waals surface area contributed by atoms with Gasteiger partial charge in [0.2, 0.25) is 5.91 Å². The van der Waals surface area contributed by atoms with Crippen molar-refractivity contribution < 1.29 is 14.3 Å². The van der Waals surface area contributed by atoms with Gasteiger partial charge < -0.3 is 15.0 Å². The summed E-state index contributed by atoms with van der Waals surface area (Å²) < 4.78 is 5.10. The number of nitriles is 1. The lowest BCUT2D eigenvalue weighted by Gasteiger charge is -2.31. The van der Waals surface area contributed by atoms with Crippen LogP contribution in [0.2, 0.25) is 0 Å². The van der Waals surface area contributed by atoms with Crippen LogP contribution in [0.5, 0.6) is 0 Å². The predicted octanol–water partition coefficient (Wildman–Crippen LogP) is 1.03. The van der Waals surface area contributed by atoms with Crippen LogP contribution in [0, 0.1) is 11.3 Å². The van der Waals surface area contributed by atoms with Crippen LogP contribution in [-0.4, -0.2) is 41.6 Å². The Hall–Kier alpha value is -1.77. The molecule has 1 aliphatic heterocycles. The summed E-state index contributed by atoms with van der Waals surface area (Å²) >= 11 is 0. The van der Waals surface area contributed by atoms with Gasteiger partial charge in [0.15, 0.2) is 0 Å². The number of hydrogen-bond donors (Lipinski definition) is 1. The molecule has 0 unspecified atom stereocenters. The first-order valence-electron chi connectivity index (χ1n) is 5.99. The summed E-state index contributed by atoms with van der Waals surface area (Å²) in [5.74, 6) is -0.214. The first-order valence-corrected chi connectivity index (χ1v) is 5.99. The van der Waals surface area contributed by atoms with Crippen LogP contribution < -0.4 is 5.32 Å². The van der Waals surface area contributed by atoms with E-state index in [4.69, 9.17) is 10.00 Å². The van der Waals surface area contributed by atoms with Gasteiger partial charge in [0, 0.05) is 6.54 Å². The Labute approximate surface area is 107 Å². The number of carbonyl (C=O) groups excluding carboxylic acids is 2. The number of nitrogens with one attached hydrogen (secondary N) is 1. The number of amides is 2. The second-order valence-electron chi connectivity index (χ2n) is 5.26. The summed E-state index contributed by atoms with van der Waals surface area (Å²) in [5, 5.41) is 11.2. The second-order valence-corrected chi connectivity index (χ2v) is 5.26. The third-order valence-corrected chi connectivity index (χ3v) is 2.48. The molecule has 0 aromatic rings. The van der Waals surface area contributed by atoms with Gasteiger partial charge in [-0.05, 0) is 33.6 Å². The van der Waals surface area contributed by atoms with E-state index < -0.39 is 17.7 Å². The van der Waals surface area contributed by atoms with Crippen LogP contribution in [0.15, 0.2) is 0 Å². The number of likely N-dealkylation sites (tertiary alicyclic amines) is 1. The molecule has 1 aliphatic rings. The number of ether oxygens (including phenoxy) is 1. The molecule has 6 heteroatoms. The van der Waals surface area contributed by atoms with Crippen LogP contribution >= 0.6 is 0 Å². The fourth-order valence-electron chi connectivity index (χ4n) is 1.77. The highest BCUT2D eigenvalue weighted by molar-refractivity contribution is 5.86. The molecular weight excluding hydrogens is 234 g/mol. The van der Waals surface area contributed by atoms with Crippen molar-refractivity contribution >= 4 is 12.0 Å². The molecule has 1 heterocycles. The van der Waals surface area contributed by atoms with Crippen LogP contribution in [-0.2, 0) is 9.53 Å². The third kappa shape index (κ3) is 4.24. The van der Waals surface area contributed by atoms with Gasteiger partial charge in [-0.2, -0.15) is 5.26 Å². The topological polar surface area (TPSA) is 82.4 Å². The molecular formula is C12H19N3O3. The average Bonchev–Trinajstić information content (AvgIpc) is 2.21. The third-order valence-electron chi connectivity index (χ3n) is 2.48. The summed E-state index contributed by atoms with van der Waals surface area (Å²) in [6, 6.07) is 1.36. The Balaban J connectivity index is 2.54. The molecule has 1 fully saturated rings. The molecule has 100 valence electrons. The zero-order chi connectivity index (χ0) is 13.8. The summed E-state index contributed by atoms with van der Waals surface area (Å²) in [7, 11) is 0. The number of nitrogens with zero attached hydrogens (tertiary/aromatic N) is 2. The Morgan fingerprint density at radius 1 is 1.61 bits per heavy atom. The lowest BCUT2D eigenvalue weighted by Crippen LogP contribution is -2.53. The number of piperidine rings is 1. The van der Waals surface area contributed by atoms with Crippen molar-refractivity contribution in [2.24, 2.45) is 0 Å². The minimum absolute atomic E-state index is 0.0608. The molecule has 18 heavy (non-hydrogen) atoms. The maximum absolute atomic E-state index is 11.9. The van der Waals surface area contributed by atoms with E-state index in [1.54, 1.807) is 20.8 Å². The molecule has 1 N–H and O–H groups in total. The monoisotopic (exact) mass is 253 g/mol. The van der Waals surface area contributed by atoms with Gasteiger partial charge in [0.1, 0.15) is 18.2 Å². The van der Waals surface area contributed by atoms with E-state index in [9.17, 15) is 9.59 Å². The van der Waals surface area contributed by atoms with Crippen molar-refractivity contribution in [3.05, 3.63) is 0 Å². The predicted molar refractivity (Wildman–Crippen MR) is 64.6 cm³/mol. The maximum atomic E-state index is 11.9. The van der Waals surface area contributed by atoms with E-state index in [1.165, 1.54) is 4.90 Å². The van der Waals surface area contributed by atoms with Crippen molar-refractivity contribution in [3.63, 3.8) is 0 Å². The first-order chi connectivity index (χ1) is 8.33. The van der Waals surface area contributed by atoms with E-state index in [0.29, 0.717) is 13.0 Å². The van der Waals surface area contributed by atoms with Crippen molar-refractivity contribution in [2.75, 3.05) is 13.1 Å². The fourth-order valence-corrected chi connectivity index (χ4v) is 1.77. The molecule has 6 nitrogen and oxygen atoms in total. The highest BCUT2D eigenvalue weighted by Gasteiger charge is 2.30. The summed E-state index contributed by atoms with van der Waals surface area (Å²) in [4.78, 5) is 24.9. The molecule has 1 rings (SSSR count). The highest BCUT2D eigenvalue weighted by Crippen LogP contribution is 2.13. The average molecular weight is 253 g/mol. The Morgan fingerprint density at radius 2 is 2.28 bits per heavy atom. The lowest BCUT2D eigenvalue weighted by molar-refractivity contribution is -0.135. The Bertz CT molecular complexity index is 368. The first kappa shape index (κ1) is 14.3. The zero-order valence-corrected chi connectivity index (χ0v) is 11.0. The number of hydrogen-bond acceptors (Lipinski definition) is 4. The van der Waals surface area contributed by atoms with Crippen LogP contribution in [0.25, 0.3) is 0 Å². The number of carbonyl (C=O) groups is 2. The largest absolute Gasteiger partial charge is 0.444 e. The van der Waals surface area contributed by atoms with E-state index >= 15 is 0 Å². The molecule has 0 spiro atoms. The lowest BCUT2D eigenvalue weighted by atomic mass is 10.1. The zero-order valence-electron chi connectivity index (χ0n) is 11.0. The summed E-state index contributed by atoms with van der Waals surface area (Å²) in [6.07, 6.45) is 0.758.